The van der Waals surface area contributed by atoms with Gasteiger partial charge in [-0.2, -0.15) is 13.2 Å². The number of anilines is 1. The SMILES string of the molecule is COC(=O)c1ccc(C(=O)N2CCCN(CC(=O)Nc3ccccc3C(F)(F)F)CC2)nc1. The summed E-state index contributed by atoms with van der Waals surface area (Å²) >= 11 is 0. The van der Waals surface area contributed by atoms with Crippen LogP contribution in [0.2, 0.25) is 0 Å². The van der Waals surface area contributed by atoms with Crippen LogP contribution in [-0.2, 0) is 15.7 Å². The highest BCUT2D eigenvalue weighted by molar-refractivity contribution is 5.94. The molecule has 0 bridgehead atoms. The summed E-state index contributed by atoms with van der Waals surface area (Å²) in [6.07, 6.45) is -2.72. The molecule has 0 saturated carbocycles. The number of rotatable bonds is 5. The second-order valence-corrected chi connectivity index (χ2v) is 7.44. The van der Waals surface area contributed by atoms with Gasteiger partial charge in [0.25, 0.3) is 5.91 Å². The molecule has 1 aliphatic heterocycles. The number of pyridine rings is 1. The van der Waals surface area contributed by atoms with Crippen molar-refractivity contribution in [2.45, 2.75) is 12.6 Å². The predicted octanol–water partition coefficient (Wildman–Crippen LogP) is 2.67. The summed E-state index contributed by atoms with van der Waals surface area (Å²) in [7, 11) is 1.25. The molecule has 2 aromatic rings. The lowest BCUT2D eigenvalue weighted by atomic mass is 10.1. The first-order chi connectivity index (χ1) is 15.7. The van der Waals surface area contributed by atoms with E-state index in [4.69, 9.17) is 0 Å². The molecule has 176 valence electrons. The van der Waals surface area contributed by atoms with E-state index in [2.05, 4.69) is 15.0 Å². The zero-order valence-corrected chi connectivity index (χ0v) is 17.9. The fraction of sp³-hybridized carbons (Fsp3) is 0.364. The molecule has 1 fully saturated rings. The number of alkyl halides is 3. The Labute approximate surface area is 188 Å². The Morgan fingerprint density at radius 2 is 1.82 bits per heavy atom. The molecule has 2 amide bonds. The molecule has 33 heavy (non-hydrogen) atoms. The maximum absolute atomic E-state index is 13.1. The largest absolute Gasteiger partial charge is 0.465 e. The van der Waals surface area contributed by atoms with Crippen LogP contribution in [0.1, 0.15) is 32.8 Å². The van der Waals surface area contributed by atoms with Crippen molar-refractivity contribution in [3.63, 3.8) is 0 Å². The third-order valence-corrected chi connectivity index (χ3v) is 5.15. The fourth-order valence-corrected chi connectivity index (χ4v) is 3.49. The lowest BCUT2D eigenvalue weighted by Crippen LogP contribution is -2.38. The summed E-state index contributed by atoms with van der Waals surface area (Å²) in [5.41, 5.74) is -0.786. The van der Waals surface area contributed by atoms with E-state index in [0.29, 0.717) is 32.6 Å². The van der Waals surface area contributed by atoms with Gasteiger partial charge in [0.2, 0.25) is 5.91 Å². The summed E-state index contributed by atoms with van der Waals surface area (Å²) in [4.78, 5) is 44.0. The van der Waals surface area contributed by atoms with Crippen LogP contribution in [0.5, 0.6) is 0 Å². The number of halogens is 3. The average Bonchev–Trinajstić information content (AvgIpc) is 3.03. The van der Waals surface area contributed by atoms with Crippen LogP contribution in [0.4, 0.5) is 18.9 Å². The number of carbonyl (C=O) groups excluding carboxylic acids is 3. The number of para-hydroxylation sites is 1. The van der Waals surface area contributed by atoms with Gasteiger partial charge in [-0.1, -0.05) is 12.1 Å². The van der Waals surface area contributed by atoms with Gasteiger partial charge in [0, 0.05) is 32.4 Å². The molecular weight excluding hydrogens is 441 g/mol. The van der Waals surface area contributed by atoms with Gasteiger partial charge < -0.3 is 15.0 Å². The highest BCUT2D eigenvalue weighted by atomic mass is 19.4. The average molecular weight is 464 g/mol. The third-order valence-electron chi connectivity index (χ3n) is 5.15. The lowest BCUT2D eigenvalue weighted by molar-refractivity contribution is -0.137. The highest BCUT2D eigenvalue weighted by Crippen LogP contribution is 2.34. The molecule has 0 spiro atoms. The van der Waals surface area contributed by atoms with E-state index in [9.17, 15) is 27.6 Å². The smallest absolute Gasteiger partial charge is 0.418 e. The third kappa shape index (κ3) is 6.28. The first kappa shape index (κ1) is 24.2. The minimum Gasteiger partial charge on any atom is -0.465 e. The molecule has 1 aromatic carbocycles. The maximum Gasteiger partial charge on any atom is 0.418 e. The number of carbonyl (C=O) groups is 3. The molecular formula is C22H23F3N4O4. The van der Waals surface area contributed by atoms with Crippen LogP contribution in [0.15, 0.2) is 42.6 Å². The molecule has 1 N–H and O–H groups in total. The van der Waals surface area contributed by atoms with E-state index < -0.39 is 23.6 Å². The summed E-state index contributed by atoms with van der Waals surface area (Å²) in [5, 5.41) is 2.33. The van der Waals surface area contributed by atoms with Crippen molar-refractivity contribution in [2.75, 3.05) is 45.2 Å². The number of amides is 2. The van der Waals surface area contributed by atoms with Crippen molar-refractivity contribution in [3.05, 3.63) is 59.4 Å². The maximum atomic E-state index is 13.1. The Morgan fingerprint density at radius 3 is 2.48 bits per heavy atom. The molecule has 0 unspecified atom stereocenters. The number of nitrogens with one attached hydrogen (secondary N) is 1. The number of nitrogens with zero attached hydrogens (tertiary/aromatic N) is 3. The number of esters is 1. The Balaban J connectivity index is 1.56. The molecule has 3 rings (SSSR count). The number of methoxy groups -OCH3 is 1. The Hall–Kier alpha value is -3.47. The van der Waals surface area contributed by atoms with Crippen molar-refractivity contribution in [1.29, 1.82) is 0 Å². The van der Waals surface area contributed by atoms with E-state index in [0.717, 1.165) is 6.07 Å². The van der Waals surface area contributed by atoms with Crippen molar-refractivity contribution in [3.8, 4) is 0 Å². The molecule has 1 aliphatic rings. The monoisotopic (exact) mass is 464 g/mol. The van der Waals surface area contributed by atoms with Gasteiger partial charge in [-0.05, 0) is 30.7 Å². The Kier molecular flexibility index (Phi) is 7.64. The number of aromatic nitrogens is 1. The predicted molar refractivity (Wildman–Crippen MR) is 113 cm³/mol. The van der Waals surface area contributed by atoms with Crippen LogP contribution >= 0.6 is 0 Å². The minimum atomic E-state index is -4.57. The topological polar surface area (TPSA) is 91.8 Å². The molecule has 8 nitrogen and oxygen atoms in total. The van der Waals surface area contributed by atoms with E-state index in [1.807, 2.05) is 0 Å². The van der Waals surface area contributed by atoms with E-state index in [1.165, 1.54) is 43.6 Å². The van der Waals surface area contributed by atoms with Crippen molar-refractivity contribution in [2.24, 2.45) is 0 Å². The van der Waals surface area contributed by atoms with Gasteiger partial charge in [-0.25, -0.2) is 4.79 Å². The molecule has 1 saturated heterocycles. The van der Waals surface area contributed by atoms with Gasteiger partial charge in [0.05, 0.1) is 30.5 Å². The van der Waals surface area contributed by atoms with Crippen molar-refractivity contribution >= 4 is 23.5 Å². The molecule has 0 aliphatic carbocycles. The summed E-state index contributed by atoms with van der Waals surface area (Å²) in [6, 6.07) is 7.71. The van der Waals surface area contributed by atoms with Crippen LogP contribution in [-0.4, -0.2) is 72.4 Å². The first-order valence-electron chi connectivity index (χ1n) is 10.2. The van der Waals surface area contributed by atoms with Crippen LogP contribution in [0, 0.1) is 0 Å². The fourth-order valence-electron chi connectivity index (χ4n) is 3.49. The zero-order valence-electron chi connectivity index (χ0n) is 17.9. The summed E-state index contributed by atoms with van der Waals surface area (Å²) < 4.78 is 44.0. The van der Waals surface area contributed by atoms with Crippen LogP contribution < -0.4 is 5.32 Å². The van der Waals surface area contributed by atoms with Gasteiger partial charge in [0.1, 0.15) is 5.69 Å². The number of hydrogen-bond acceptors (Lipinski definition) is 6. The van der Waals surface area contributed by atoms with E-state index in [1.54, 1.807) is 9.80 Å². The molecule has 11 heteroatoms. The first-order valence-corrected chi connectivity index (χ1v) is 10.2. The number of ether oxygens (including phenoxy) is 1. The van der Waals surface area contributed by atoms with E-state index >= 15 is 0 Å². The standard InChI is InChI=1S/C22H23F3N4O4/c1-33-21(32)15-7-8-18(26-13-15)20(31)29-10-4-9-28(11-12-29)14-19(30)27-17-6-3-2-5-16(17)22(23,24)25/h2-3,5-8,13H,4,9-12,14H2,1H3,(H,27,30). The van der Waals surface area contributed by atoms with E-state index in [-0.39, 0.29) is 29.4 Å². The molecule has 0 atom stereocenters. The quantitative estimate of drug-likeness (QED) is 0.685. The van der Waals surface area contributed by atoms with Crippen LogP contribution in [0.25, 0.3) is 0 Å². The second kappa shape index (κ2) is 10.4. The molecule has 2 heterocycles. The second-order valence-electron chi connectivity index (χ2n) is 7.44. The highest BCUT2D eigenvalue weighted by Gasteiger charge is 2.33. The number of benzene rings is 1. The zero-order chi connectivity index (χ0) is 24.0. The minimum absolute atomic E-state index is 0.0969. The number of hydrogen-bond donors (Lipinski definition) is 1. The Morgan fingerprint density at radius 1 is 1.06 bits per heavy atom. The van der Waals surface area contributed by atoms with Crippen molar-refractivity contribution in [1.82, 2.24) is 14.8 Å². The lowest BCUT2D eigenvalue weighted by Gasteiger charge is -2.22. The molecule has 0 radical (unpaired) electrons. The summed E-state index contributed by atoms with van der Waals surface area (Å²) in [6.45, 7) is 1.55. The van der Waals surface area contributed by atoms with Crippen molar-refractivity contribution < 1.29 is 32.3 Å². The molecule has 1 aromatic heterocycles. The van der Waals surface area contributed by atoms with Gasteiger partial charge in [-0.3, -0.25) is 19.5 Å². The van der Waals surface area contributed by atoms with Crippen LogP contribution in [0.3, 0.4) is 0 Å². The normalized spacial score (nSPS) is 15.0. The Bertz CT molecular complexity index is 1010. The summed E-state index contributed by atoms with van der Waals surface area (Å²) in [5.74, 6) is -1.42. The van der Waals surface area contributed by atoms with Gasteiger partial charge in [0.15, 0.2) is 0 Å². The van der Waals surface area contributed by atoms with Gasteiger partial charge >= 0.3 is 12.1 Å². The van der Waals surface area contributed by atoms with Gasteiger partial charge in [-0.15, -0.1) is 0 Å².